The third kappa shape index (κ3) is 2.61. The molecule has 16 heavy (non-hydrogen) atoms. The van der Waals surface area contributed by atoms with Crippen LogP contribution < -0.4 is 4.74 Å². The summed E-state index contributed by atoms with van der Waals surface area (Å²) in [5, 5.41) is 0. The average molecular weight is 220 g/mol. The Morgan fingerprint density at radius 3 is 3.12 bits per heavy atom. The Balaban J connectivity index is 1.99. The lowest BCUT2D eigenvalue weighted by Gasteiger charge is -2.07. The highest BCUT2D eigenvalue weighted by molar-refractivity contribution is 5.83. The van der Waals surface area contributed by atoms with E-state index in [2.05, 4.69) is 0 Å². The number of benzene rings is 1. The number of carbonyl (C=O) groups is 1. The van der Waals surface area contributed by atoms with Crippen molar-refractivity contribution >= 4 is 5.78 Å². The Morgan fingerprint density at radius 2 is 2.44 bits per heavy atom. The predicted molar refractivity (Wildman–Crippen MR) is 60.6 cm³/mol. The van der Waals surface area contributed by atoms with Gasteiger partial charge in [-0.05, 0) is 24.1 Å². The molecule has 1 aromatic carbocycles. The second-order valence-corrected chi connectivity index (χ2v) is 4.06. The lowest BCUT2D eigenvalue weighted by atomic mass is 9.97. The smallest absolute Gasteiger partial charge is 0.142 e. The first-order chi connectivity index (χ1) is 7.79. The van der Waals surface area contributed by atoms with Crippen molar-refractivity contribution < 1.29 is 14.3 Å². The van der Waals surface area contributed by atoms with E-state index in [1.807, 2.05) is 24.3 Å². The van der Waals surface area contributed by atoms with Gasteiger partial charge in [0.25, 0.3) is 0 Å². The number of ether oxygens (including phenoxy) is 2. The zero-order valence-electron chi connectivity index (χ0n) is 9.44. The first-order valence-corrected chi connectivity index (χ1v) is 5.53. The maximum absolute atomic E-state index is 11.9. The van der Waals surface area contributed by atoms with Crippen LogP contribution in [0.4, 0.5) is 0 Å². The summed E-state index contributed by atoms with van der Waals surface area (Å²) in [6.07, 6.45) is 1.34. The maximum atomic E-state index is 11.9. The number of rotatable bonds is 4. The van der Waals surface area contributed by atoms with E-state index in [0.29, 0.717) is 19.6 Å². The van der Waals surface area contributed by atoms with Gasteiger partial charge in [-0.25, -0.2) is 0 Å². The number of hydrogen-bond acceptors (Lipinski definition) is 3. The molecule has 0 spiro atoms. The third-order valence-corrected chi connectivity index (χ3v) is 2.90. The van der Waals surface area contributed by atoms with E-state index in [-0.39, 0.29) is 11.7 Å². The molecule has 1 fully saturated rings. The zero-order valence-corrected chi connectivity index (χ0v) is 9.44. The Labute approximate surface area is 95.4 Å². The molecular weight excluding hydrogens is 204 g/mol. The Hall–Kier alpha value is -1.35. The monoisotopic (exact) mass is 220 g/mol. The summed E-state index contributed by atoms with van der Waals surface area (Å²) in [4.78, 5) is 11.9. The van der Waals surface area contributed by atoms with Crippen molar-refractivity contribution in [3.05, 3.63) is 29.8 Å². The minimum atomic E-state index is 0.0891. The van der Waals surface area contributed by atoms with Crippen LogP contribution in [0.2, 0.25) is 0 Å². The van der Waals surface area contributed by atoms with Crippen LogP contribution in [0.3, 0.4) is 0 Å². The van der Waals surface area contributed by atoms with Crippen LogP contribution in [0, 0.1) is 5.92 Å². The van der Waals surface area contributed by atoms with Gasteiger partial charge in [-0.2, -0.15) is 0 Å². The molecular formula is C13H16O3. The van der Waals surface area contributed by atoms with Gasteiger partial charge in [-0.1, -0.05) is 12.1 Å². The standard InChI is InChI=1S/C13H16O3/c1-15-12-4-2-3-10(7-12)8-13(14)11-5-6-16-9-11/h2-4,7,11H,5-6,8-9H2,1H3. The number of ketones is 1. The van der Waals surface area contributed by atoms with Crippen LogP contribution >= 0.6 is 0 Å². The maximum Gasteiger partial charge on any atom is 0.142 e. The molecule has 3 nitrogen and oxygen atoms in total. The van der Waals surface area contributed by atoms with Gasteiger partial charge in [0.05, 0.1) is 13.7 Å². The van der Waals surface area contributed by atoms with Gasteiger partial charge in [0, 0.05) is 18.9 Å². The first-order valence-electron chi connectivity index (χ1n) is 5.53. The molecule has 1 heterocycles. The largest absolute Gasteiger partial charge is 0.497 e. The lowest BCUT2D eigenvalue weighted by molar-refractivity contribution is -0.122. The summed E-state index contributed by atoms with van der Waals surface area (Å²) in [5.41, 5.74) is 1.01. The second-order valence-electron chi connectivity index (χ2n) is 4.06. The van der Waals surface area contributed by atoms with Gasteiger partial charge in [0.2, 0.25) is 0 Å². The highest BCUT2D eigenvalue weighted by Gasteiger charge is 2.23. The fourth-order valence-electron chi connectivity index (χ4n) is 1.92. The molecule has 0 amide bonds. The SMILES string of the molecule is COc1cccc(CC(=O)C2CCOC2)c1. The third-order valence-electron chi connectivity index (χ3n) is 2.90. The number of methoxy groups -OCH3 is 1. The molecule has 0 aliphatic carbocycles. The molecule has 86 valence electrons. The van der Waals surface area contributed by atoms with Crippen LogP contribution in [0.1, 0.15) is 12.0 Å². The molecule has 2 rings (SSSR count). The molecule has 0 radical (unpaired) electrons. The number of carbonyl (C=O) groups excluding carboxylic acids is 1. The number of Topliss-reactive ketones (excluding diaryl/α,β-unsaturated/α-hetero) is 1. The van der Waals surface area contributed by atoms with Crippen LogP contribution in [0.25, 0.3) is 0 Å². The summed E-state index contributed by atoms with van der Waals surface area (Å²) in [5.74, 6) is 1.16. The van der Waals surface area contributed by atoms with Crippen LogP contribution in [-0.2, 0) is 16.0 Å². The summed E-state index contributed by atoms with van der Waals surface area (Å²) >= 11 is 0. The van der Waals surface area contributed by atoms with Crippen molar-refractivity contribution in [1.29, 1.82) is 0 Å². The van der Waals surface area contributed by atoms with Crippen molar-refractivity contribution in [3.63, 3.8) is 0 Å². The van der Waals surface area contributed by atoms with E-state index in [1.54, 1.807) is 7.11 Å². The van der Waals surface area contributed by atoms with Crippen molar-refractivity contribution in [2.24, 2.45) is 5.92 Å². The van der Waals surface area contributed by atoms with Gasteiger partial charge >= 0.3 is 0 Å². The van der Waals surface area contributed by atoms with E-state index in [1.165, 1.54) is 0 Å². The van der Waals surface area contributed by atoms with Crippen molar-refractivity contribution in [3.8, 4) is 5.75 Å². The molecule has 1 saturated heterocycles. The van der Waals surface area contributed by atoms with Crippen LogP contribution in [-0.4, -0.2) is 26.1 Å². The van der Waals surface area contributed by atoms with E-state index in [0.717, 1.165) is 17.7 Å². The molecule has 3 heteroatoms. The molecule has 1 unspecified atom stereocenters. The van der Waals surface area contributed by atoms with Gasteiger partial charge in [0.15, 0.2) is 0 Å². The quantitative estimate of drug-likeness (QED) is 0.776. The molecule has 0 N–H and O–H groups in total. The zero-order chi connectivity index (χ0) is 11.4. The minimum absolute atomic E-state index is 0.0891. The van der Waals surface area contributed by atoms with Gasteiger partial charge in [-0.15, -0.1) is 0 Å². The van der Waals surface area contributed by atoms with Gasteiger partial charge in [-0.3, -0.25) is 4.79 Å². The van der Waals surface area contributed by atoms with E-state index >= 15 is 0 Å². The normalized spacial score (nSPS) is 19.7. The molecule has 1 atom stereocenters. The fourth-order valence-corrected chi connectivity index (χ4v) is 1.92. The first kappa shape index (κ1) is 11.1. The average Bonchev–Trinajstić information content (AvgIpc) is 2.83. The molecule has 1 aromatic rings. The Kier molecular flexibility index (Phi) is 3.57. The highest BCUT2D eigenvalue weighted by atomic mass is 16.5. The van der Waals surface area contributed by atoms with E-state index in [4.69, 9.17) is 9.47 Å². The molecule has 1 aliphatic rings. The molecule has 1 aliphatic heterocycles. The Bertz CT molecular complexity index is 367. The van der Waals surface area contributed by atoms with Crippen LogP contribution in [0.5, 0.6) is 5.75 Å². The molecule has 0 bridgehead atoms. The van der Waals surface area contributed by atoms with Crippen LogP contribution in [0.15, 0.2) is 24.3 Å². The fraction of sp³-hybridized carbons (Fsp3) is 0.462. The summed E-state index contributed by atoms with van der Waals surface area (Å²) in [6.45, 7) is 1.30. The lowest BCUT2D eigenvalue weighted by Crippen LogP contribution is -2.16. The number of hydrogen-bond donors (Lipinski definition) is 0. The minimum Gasteiger partial charge on any atom is -0.497 e. The Morgan fingerprint density at radius 1 is 1.56 bits per heavy atom. The van der Waals surface area contributed by atoms with Crippen molar-refractivity contribution in [2.75, 3.05) is 20.3 Å². The van der Waals surface area contributed by atoms with Crippen molar-refractivity contribution in [2.45, 2.75) is 12.8 Å². The second kappa shape index (κ2) is 5.12. The molecule has 0 saturated carbocycles. The summed E-state index contributed by atoms with van der Waals surface area (Å²) < 4.78 is 10.3. The summed E-state index contributed by atoms with van der Waals surface area (Å²) in [7, 11) is 1.63. The highest BCUT2D eigenvalue weighted by Crippen LogP contribution is 2.18. The predicted octanol–water partition coefficient (Wildman–Crippen LogP) is 1.84. The van der Waals surface area contributed by atoms with E-state index < -0.39 is 0 Å². The van der Waals surface area contributed by atoms with Crippen molar-refractivity contribution in [1.82, 2.24) is 0 Å². The summed E-state index contributed by atoms with van der Waals surface area (Å²) in [6, 6.07) is 7.66. The topological polar surface area (TPSA) is 35.5 Å². The van der Waals surface area contributed by atoms with Gasteiger partial charge in [0.1, 0.15) is 11.5 Å². The van der Waals surface area contributed by atoms with E-state index in [9.17, 15) is 4.79 Å². The molecule has 0 aromatic heterocycles. The van der Waals surface area contributed by atoms with Gasteiger partial charge < -0.3 is 9.47 Å².